The maximum absolute atomic E-state index is 12.0. The van der Waals surface area contributed by atoms with Crippen molar-refractivity contribution in [1.29, 1.82) is 0 Å². The van der Waals surface area contributed by atoms with Gasteiger partial charge < -0.3 is 15.0 Å². The highest BCUT2D eigenvalue weighted by Crippen LogP contribution is 2.20. The van der Waals surface area contributed by atoms with Crippen LogP contribution in [0.5, 0.6) is 0 Å². The molecule has 2 rings (SSSR count). The molecule has 1 fully saturated rings. The summed E-state index contributed by atoms with van der Waals surface area (Å²) in [5.74, 6) is 0. The number of ether oxygens (including phenoxy) is 1. The average Bonchev–Trinajstić information content (AvgIpc) is 2.37. The van der Waals surface area contributed by atoms with E-state index in [0.717, 1.165) is 18.8 Å². The quantitative estimate of drug-likeness (QED) is 0.903. The largest absolute Gasteiger partial charge is 0.405 e. The van der Waals surface area contributed by atoms with Crippen LogP contribution in [-0.4, -0.2) is 39.0 Å². The van der Waals surface area contributed by atoms with Crippen LogP contribution in [-0.2, 0) is 4.74 Å². The van der Waals surface area contributed by atoms with Gasteiger partial charge in [-0.2, -0.15) is 13.2 Å². The van der Waals surface area contributed by atoms with Crippen LogP contribution in [0.25, 0.3) is 0 Å². The lowest BCUT2D eigenvalue weighted by atomic mass is 10.2. The summed E-state index contributed by atoms with van der Waals surface area (Å²) in [5.41, 5.74) is 1.49. The van der Waals surface area contributed by atoms with E-state index in [1.807, 2.05) is 12.1 Å². The smallest absolute Gasteiger partial charge is 0.378 e. The molecule has 1 aliphatic rings. The van der Waals surface area contributed by atoms with Gasteiger partial charge in [-0.15, -0.1) is 0 Å². The Balaban J connectivity index is 1.92. The summed E-state index contributed by atoms with van der Waals surface area (Å²) in [7, 11) is 0. The van der Waals surface area contributed by atoms with E-state index in [9.17, 15) is 13.2 Å². The van der Waals surface area contributed by atoms with E-state index in [1.54, 1.807) is 12.1 Å². The van der Waals surface area contributed by atoms with E-state index >= 15 is 0 Å². The molecule has 0 aromatic heterocycles. The minimum atomic E-state index is -4.19. The maximum atomic E-state index is 12.0. The fraction of sp³-hybridized carbons (Fsp3) is 0.500. The van der Waals surface area contributed by atoms with Gasteiger partial charge >= 0.3 is 6.18 Å². The standard InChI is InChI=1S/C12H15F3N2O/c13-12(14,15)9-16-10-1-3-11(4-2-10)17-5-7-18-8-6-17/h1-4,16H,5-9H2. The number of hydrogen-bond acceptors (Lipinski definition) is 3. The van der Waals surface area contributed by atoms with Gasteiger partial charge in [0.15, 0.2) is 0 Å². The monoisotopic (exact) mass is 260 g/mol. The summed E-state index contributed by atoms with van der Waals surface area (Å²) in [4.78, 5) is 2.15. The Kier molecular flexibility index (Phi) is 3.96. The van der Waals surface area contributed by atoms with Crippen molar-refractivity contribution < 1.29 is 17.9 Å². The molecule has 1 N–H and O–H groups in total. The summed E-state index contributed by atoms with van der Waals surface area (Å²) < 4.78 is 41.3. The van der Waals surface area contributed by atoms with Crippen LogP contribution < -0.4 is 10.2 Å². The van der Waals surface area contributed by atoms with Crippen molar-refractivity contribution in [2.75, 3.05) is 43.1 Å². The number of nitrogens with one attached hydrogen (secondary N) is 1. The second-order valence-electron chi connectivity index (χ2n) is 4.12. The van der Waals surface area contributed by atoms with Crippen molar-refractivity contribution in [3.05, 3.63) is 24.3 Å². The SMILES string of the molecule is FC(F)(F)CNc1ccc(N2CCOCC2)cc1. The van der Waals surface area contributed by atoms with Gasteiger partial charge in [-0.25, -0.2) is 0 Å². The summed E-state index contributed by atoms with van der Waals surface area (Å²) in [6.45, 7) is 2.00. The number of alkyl halides is 3. The van der Waals surface area contributed by atoms with Crippen molar-refractivity contribution in [2.45, 2.75) is 6.18 Å². The minimum Gasteiger partial charge on any atom is -0.378 e. The molecule has 0 spiro atoms. The van der Waals surface area contributed by atoms with Crippen LogP contribution in [0.1, 0.15) is 0 Å². The first-order valence-corrected chi connectivity index (χ1v) is 5.78. The fourth-order valence-corrected chi connectivity index (χ4v) is 1.81. The maximum Gasteiger partial charge on any atom is 0.405 e. The number of morpholine rings is 1. The first-order chi connectivity index (χ1) is 8.54. The van der Waals surface area contributed by atoms with Crippen LogP contribution in [0.3, 0.4) is 0 Å². The zero-order chi connectivity index (χ0) is 13.0. The highest BCUT2D eigenvalue weighted by molar-refractivity contribution is 5.55. The predicted molar refractivity (Wildman–Crippen MR) is 64.0 cm³/mol. The van der Waals surface area contributed by atoms with Crippen LogP contribution >= 0.6 is 0 Å². The lowest BCUT2D eigenvalue weighted by Gasteiger charge is -2.29. The molecule has 100 valence electrons. The van der Waals surface area contributed by atoms with Gasteiger partial charge in [0.2, 0.25) is 0 Å². The Morgan fingerprint density at radius 1 is 1.11 bits per heavy atom. The number of anilines is 2. The molecule has 1 aromatic carbocycles. The van der Waals surface area contributed by atoms with Gasteiger partial charge in [0.1, 0.15) is 6.54 Å². The Morgan fingerprint density at radius 3 is 2.28 bits per heavy atom. The molecule has 1 aromatic rings. The Morgan fingerprint density at radius 2 is 1.72 bits per heavy atom. The molecule has 18 heavy (non-hydrogen) atoms. The molecule has 1 heterocycles. The van der Waals surface area contributed by atoms with Gasteiger partial charge in [0.25, 0.3) is 0 Å². The zero-order valence-electron chi connectivity index (χ0n) is 9.83. The average molecular weight is 260 g/mol. The minimum absolute atomic E-state index is 0.476. The van der Waals surface area contributed by atoms with Crippen LogP contribution in [0.4, 0.5) is 24.5 Å². The van der Waals surface area contributed by atoms with Crippen molar-refractivity contribution >= 4 is 11.4 Å². The Hall–Kier alpha value is -1.43. The lowest BCUT2D eigenvalue weighted by molar-refractivity contribution is -0.115. The van der Waals surface area contributed by atoms with Crippen molar-refractivity contribution in [2.24, 2.45) is 0 Å². The molecule has 1 saturated heterocycles. The second kappa shape index (κ2) is 5.48. The third-order valence-electron chi connectivity index (χ3n) is 2.74. The Bertz CT molecular complexity index is 372. The summed E-state index contributed by atoms with van der Waals surface area (Å²) in [6, 6.07) is 6.97. The van der Waals surface area contributed by atoms with E-state index in [4.69, 9.17) is 4.74 Å². The molecule has 0 amide bonds. The van der Waals surface area contributed by atoms with Crippen LogP contribution in [0, 0.1) is 0 Å². The van der Waals surface area contributed by atoms with E-state index in [2.05, 4.69) is 10.2 Å². The first kappa shape index (κ1) is 13.0. The Labute approximate surface area is 104 Å². The molecule has 6 heteroatoms. The van der Waals surface area contributed by atoms with Crippen LogP contribution in [0.15, 0.2) is 24.3 Å². The van der Waals surface area contributed by atoms with E-state index in [-0.39, 0.29) is 0 Å². The molecule has 1 aliphatic heterocycles. The number of hydrogen-bond donors (Lipinski definition) is 1. The topological polar surface area (TPSA) is 24.5 Å². The van der Waals surface area contributed by atoms with Crippen molar-refractivity contribution in [3.63, 3.8) is 0 Å². The van der Waals surface area contributed by atoms with Crippen molar-refractivity contribution in [3.8, 4) is 0 Å². The second-order valence-corrected chi connectivity index (χ2v) is 4.12. The van der Waals surface area contributed by atoms with Crippen LogP contribution in [0.2, 0.25) is 0 Å². The zero-order valence-corrected chi connectivity index (χ0v) is 9.83. The normalized spacial score (nSPS) is 16.7. The third kappa shape index (κ3) is 3.80. The van der Waals surface area contributed by atoms with Crippen molar-refractivity contribution in [1.82, 2.24) is 0 Å². The molecule has 0 bridgehead atoms. The highest BCUT2D eigenvalue weighted by Gasteiger charge is 2.26. The third-order valence-corrected chi connectivity index (χ3v) is 2.74. The molecule has 0 unspecified atom stereocenters. The van der Waals surface area contributed by atoms with Gasteiger partial charge in [-0.1, -0.05) is 0 Å². The molecule has 0 aliphatic carbocycles. The molecular formula is C12H15F3N2O. The summed E-state index contributed by atoms with van der Waals surface area (Å²) >= 11 is 0. The lowest BCUT2D eigenvalue weighted by Crippen LogP contribution is -2.36. The predicted octanol–water partition coefficient (Wildman–Crippen LogP) is 2.50. The van der Waals surface area contributed by atoms with Gasteiger partial charge in [0.05, 0.1) is 13.2 Å². The molecular weight excluding hydrogens is 245 g/mol. The molecule has 0 atom stereocenters. The molecule has 3 nitrogen and oxygen atoms in total. The van der Waals surface area contributed by atoms with E-state index in [1.165, 1.54) is 0 Å². The molecule has 0 radical (unpaired) electrons. The van der Waals surface area contributed by atoms with Gasteiger partial charge in [-0.05, 0) is 24.3 Å². The van der Waals surface area contributed by atoms with Gasteiger partial charge in [-0.3, -0.25) is 0 Å². The number of rotatable bonds is 3. The van der Waals surface area contributed by atoms with Gasteiger partial charge in [0, 0.05) is 24.5 Å². The molecule has 0 saturated carbocycles. The first-order valence-electron chi connectivity index (χ1n) is 5.78. The number of benzene rings is 1. The fourth-order valence-electron chi connectivity index (χ4n) is 1.81. The number of nitrogens with zero attached hydrogens (tertiary/aromatic N) is 1. The highest BCUT2D eigenvalue weighted by atomic mass is 19.4. The summed E-state index contributed by atoms with van der Waals surface area (Å²) in [5, 5.41) is 2.35. The summed E-state index contributed by atoms with van der Waals surface area (Å²) in [6.07, 6.45) is -4.19. The van der Waals surface area contributed by atoms with E-state index in [0.29, 0.717) is 18.9 Å². The number of halogens is 3. The van der Waals surface area contributed by atoms with E-state index < -0.39 is 12.7 Å².